The van der Waals surface area contributed by atoms with Crippen LogP contribution in [0.2, 0.25) is 0 Å². The topological polar surface area (TPSA) is 35.8 Å². The van der Waals surface area contributed by atoms with E-state index in [-0.39, 0.29) is 6.29 Å². The quantitative estimate of drug-likeness (QED) is 0.709. The summed E-state index contributed by atoms with van der Waals surface area (Å²) >= 11 is 0. The zero-order valence-corrected chi connectivity index (χ0v) is 8.51. The lowest BCUT2D eigenvalue weighted by atomic mass is 10.3. The molecular weight excluding hydrogens is 192 g/mol. The number of aryl methyl sites for hydroxylation is 1. The Morgan fingerprint density at radius 1 is 1.40 bits per heavy atom. The van der Waals surface area contributed by atoms with Crippen molar-refractivity contribution in [2.75, 3.05) is 13.2 Å². The van der Waals surface area contributed by atoms with Crippen LogP contribution in [0.25, 0.3) is 5.65 Å². The van der Waals surface area contributed by atoms with Crippen LogP contribution in [0.1, 0.15) is 17.5 Å². The van der Waals surface area contributed by atoms with E-state index in [1.54, 1.807) is 0 Å². The summed E-state index contributed by atoms with van der Waals surface area (Å²) in [6.45, 7) is 3.36. The number of hydrogen-bond acceptors (Lipinski definition) is 3. The molecule has 2 aromatic rings. The Morgan fingerprint density at radius 3 is 3.00 bits per heavy atom. The number of ether oxygens (including phenoxy) is 2. The molecule has 0 spiro atoms. The minimum atomic E-state index is -0.262. The van der Waals surface area contributed by atoms with Gasteiger partial charge < -0.3 is 9.47 Å². The molecular formula is C11H12N2O2. The predicted molar refractivity (Wildman–Crippen MR) is 54.6 cm³/mol. The zero-order valence-electron chi connectivity index (χ0n) is 8.51. The van der Waals surface area contributed by atoms with Crippen LogP contribution in [0, 0.1) is 6.92 Å². The Morgan fingerprint density at radius 2 is 2.20 bits per heavy atom. The summed E-state index contributed by atoms with van der Waals surface area (Å²) < 4.78 is 12.9. The molecule has 0 aliphatic carbocycles. The highest BCUT2D eigenvalue weighted by Gasteiger charge is 2.21. The number of hydrogen-bond donors (Lipinski definition) is 0. The molecule has 1 fully saturated rings. The molecule has 78 valence electrons. The van der Waals surface area contributed by atoms with Gasteiger partial charge in [-0.2, -0.15) is 0 Å². The molecule has 0 radical (unpaired) electrons. The fourth-order valence-electron chi connectivity index (χ4n) is 1.87. The highest BCUT2D eigenvalue weighted by atomic mass is 16.7. The lowest BCUT2D eigenvalue weighted by Crippen LogP contribution is -2.02. The van der Waals surface area contributed by atoms with Crippen molar-refractivity contribution in [1.82, 2.24) is 9.38 Å². The van der Waals surface area contributed by atoms with E-state index in [1.165, 1.54) is 0 Å². The summed E-state index contributed by atoms with van der Waals surface area (Å²) in [5.74, 6) is 0. The SMILES string of the molecule is Cc1cccn2c(C3OCCO3)cnc12. The van der Waals surface area contributed by atoms with Gasteiger partial charge in [0.05, 0.1) is 25.1 Å². The minimum Gasteiger partial charge on any atom is -0.345 e. The third-order valence-corrected chi connectivity index (χ3v) is 2.62. The van der Waals surface area contributed by atoms with Gasteiger partial charge >= 0.3 is 0 Å². The molecule has 4 heteroatoms. The van der Waals surface area contributed by atoms with Crippen molar-refractivity contribution in [3.63, 3.8) is 0 Å². The molecule has 0 atom stereocenters. The second kappa shape index (κ2) is 3.32. The lowest BCUT2D eigenvalue weighted by molar-refractivity contribution is -0.0478. The number of nitrogens with zero attached hydrogens (tertiary/aromatic N) is 2. The van der Waals surface area contributed by atoms with Crippen molar-refractivity contribution in [3.8, 4) is 0 Å². The Bertz CT molecular complexity index is 486. The van der Waals surface area contributed by atoms with Gasteiger partial charge in [0.25, 0.3) is 0 Å². The summed E-state index contributed by atoms with van der Waals surface area (Å²) in [5, 5.41) is 0. The normalized spacial score (nSPS) is 17.7. The summed E-state index contributed by atoms with van der Waals surface area (Å²) in [5.41, 5.74) is 3.08. The standard InChI is InChI=1S/C11H12N2O2/c1-8-3-2-4-13-9(7-12-10(8)13)11-14-5-6-15-11/h2-4,7,11H,5-6H2,1H3. The fourth-order valence-corrected chi connectivity index (χ4v) is 1.87. The Hall–Kier alpha value is -1.39. The monoisotopic (exact) mass is 204 g/mol. The van der Waals surface area contributed by atoms with Crippen molar-refractivity contribution < 1.29 is 9.47 Å². The average molecular weight is 204 g/mol. The number of pyridine rings is 1. The van der Waals surface area contributed by atoms with Gasteiger partial charge in [0, 0.05) is 6.20 Å². The van der Waals surface area contributed by atoms with E-state index < -0.39 is 0 Å². The van der Waals surface area contributed by atoms with Gasteiger partial charge in [0.2, 0.25) is 6.29 Å². The van der Waals surface area contributed by atoms with Crippen molar-refractivity contribution in [2.45, 2.75) is 13.2 Å². The van der Waals surface area contributed by atoms with Crippen LogP contribution >= 0.6 is 0 Å². The van der Waals surface area contributed by atoms with Gasteiger partial charge in [-0.1, -0.05) is 6.07 Å². The molecule has 0 unspecified atom stereocenters. The maximum atomic E-state index is 5.46. The molecule has 0 amide bonds. The molecule has 1 aliphatic heterocycles. The minimum absolute atomic E-state index is 0.262. The van der Waals surface area contributed by atoms with Gasteiger partial charge in [-0.25, -0.2) is 4.98 Å². The summed E-state index contributed by atoms with van der Waals surface area (Å²) in [7, 11) is 0. The second-order valence-electron chi connectivity index (χ2n) is 3.64. The highest BCUT2D eigenvalue weighted by molar-refractivity contribution is 5.48. The van der Waals surface area contributed by atoms with Crippen LogP contribution < -0.4 is 0 Å². The van der Waals surface area contributed by atoms with Gasteiger partial charge in [0.1, 0.15) is 5.65 Å². The van der Waals surface area contributed by atoms with Crippen LogP contribution in [-0.2, 0) is 9.47 Å². The molecule has 0 N–H and O–H groups in total. The molecule has 2 aromatic heterocycles. The lowest BCUT2D eigenvalue weighted by Gasteiger charge is -2.08. The Labute approximate surface area is 87.5 Å². The largest absolute Gasteiger partial charge is 0.345 e. The zero-order chi connectivity index (χ0) is 10.3. The van der Waals surface area contributed by atoms with Gasteiger partial charge in [0.15, 0.2) is 0 Å². The van der Waals surface area contributed by atoms with Crippen molar-refractivity contribution in [2.24, 2.45) is 0 Å². The first-order valence-corrected chi connectivity index (χ1v) is 5.02. The van der Waals surface area contributed by atoms with E-state index in [0.717, 1.165) is 16.9 Å². The third kappa shape index (κ3) is 1.33. The Kier molecular flexibility index (Phi) is 1.97. The molecule has 3 heterocycles. The highest BCUT2D eigenvalue weighted by Crippen LogP contribution is 2.24. The first kappa shape index (κ1) is 8.88. The number of aromatic nitrogens is 2. The van der Waals surface area contributed by atoms with E-state index in [2.05, 4.69) is 4.98 Å². The summed E-state index contributed by atoms with van der Waals surface area (Å²) in [4.78, 5) is 4.37. The molecule has 15 heavy (non-hydrogen) atoms. The van der Waals surface area contributed by atoms with Crippen LogP contribution in [0.3, 0.4) is 0 Å². The van der Waals surface area contributed by atoms with Crippen LogP contribution in [0.5, 0.6) is 0 Å². The Balaban J connectivity index is 2.15. The molecule has 4 nitrogen and oxygen atoms in total. The predicted octanol–water partition coefficient (Wildman–Crippen LogP) is 1.69. The molecule has 0 aromatic carbocycles. The van der Waals surface area contributed by atoms with Crippen molar-refractivity contribution in [3.05, 3.63) is 35.8 Å². The van der Waals surface area contributed by atoms with Gasteiger partial charge in [-0.15, -0.1) is 0 Å². The van der Waals surface area contributed by atoms with Crippen molar-refractivity contribution >= 4 is 5.65 Å². The molecule has 1 aliphatic rings. The van der Waals surface area contributed by atoms with E-state index in [4.69, 9.17) is 9.47 Å². The average Bonchev–Trinajstić information content (AvgIpc) is 2.85. The van der Waals surface area contributed by atoms with Gasteiger partial charge in [-0.05, 0) is 18.6 Å². The maximum Gasteiger partial charge on any atom is 0.201 e. The van der Waals surface area contributed by atoms with E-state index in [1.807, 2.05) is 35.9 Å². The first-order valence-electron chi connectivity index (χ1n) is 5.02. The number of rotatable bonds is 1. The van der Waals surface area contributed by atoms with E-state index >= 15 is 0 Å². The van der Waals surface area contributed by atoms with E-state index in [9.17, 15) is 0 Å². The maximum absolute atomic E-state index is 5.46. The third-order valence-electron chi connectivity index (χ3n) is 2.62. The summed E-state index contributed by atoms with van der Waals surface area (Å²) in [6.07, 6.45) is 3.54. The molecule has 3 rings (SSSR count). The first-order chi connectivity index (χ1) is 7.36. The number of fused-ring (bicyclic) bond motifs is 1. The van der Waals surface area contributed by atoms with Crippen molar-refractivity contribution in [1.29, 1.82) is 0 Å². The summed E-state index contributed by atoms with van der Waals surface area (Å²) in [6, 6.07) is 4.05. The van der Waals surface area contributed by atoms with E-state index in [0.29, 0.717) is 13.2 Å². The van der Waals surface area contributed by atoms with Crippen LogP contribution in [0.15, 0.2) is 24.5 Å². The molecule has 0 saturated carbocycles. The number of imidazole rings is 1. The second-order valence-corrected chi connectivity index (χ2v) is 3.64. The van der Waals surface area contributed by atoms with Crippen LogP contribution in [-0.4, -0.2) is 22.6 Å². The fraction of sp³-hybridized carbons (Fsp3) is 0.364. The smallest absolute Gasteiger partial charge is 0.201 e. The van der Waals surface area contributed by atoms with Gasteiger partial charge in [-0.3, -0.25) is 4.40 Å². The van der Waals surface area contributed by atoms with Crippen LogP contribution in [0.4, 0.5) is 0 Å². The molecule has 1 saturated heterocycles. The molecule has 0 bridgehead atoms.